The summed E-state index contributed by atoms with van der Waals surface area (Å²) in [5, 5.41) is 9.48. The standard InChI is InChI=1S/C22H22N4O3S/c1-30-11-9-18-22(29)24-17-7-6-15(12-16(17)21(28)25-18)23-20(27)13-26-10-8-14-4-2-3-5-19(14)26/h2-8,10,12,18H,9,11,13H2,1H3,(H,23,27)(H,24,29)(H,25,28)/t18-/m0/s1. The van der Waals surface area contributed by atoms with Gasteiger partial charge in [-0.05, 0) is 54.1 Å². The Bertz CT molecular complexity index is 1120. The number of anilines is 2. The Labute approximate surface area is 178 Å². The molecular formula is C22H22N4O3S. The maximum absolute atomic E-state index is 12.6. The van der Waals surface area contributed by atoms with Gasteiger partial charge in [0.15, 0.2) is 0 Å². The molecule has 30 heavy (non-hydrogen) atoms. The molecule has 8 heteroatoms. The largest absolute Gasteiger partial charge is 0.340 e. The zero-order valence-corrected chi connectivity index (χ0v) is 17.3. The maximum atomic E-state index is 12.6. The molecule has 1 aliphatic heterocycles. The number of fused-ring (bicyclic) bond motifs is 2. The van der Waals surface area contributed by atoms with E-state index in [-0.39, 0.29) is 24.3 Å². The third-order valence-electron chi connectivity index (χ3n) is 5.03. The first kappa shape index (κ1) is 20.0. The van der Waals surface area contributed by atoms with Gasteiger partial charge < -0.3 is 20.5 Å². The number of carbonyl (C=O) groups excluding carboxylic acids is 3. The van der Waals surface area contributed by atoms with Gasteiger partial charge in [-0.15, -0.1) is 0 Å². The van der Waals surface area contributed by atoms with E-state index in [4.69, 9.17) is 0 Å². The van der Waals surface area contributed by atoms with Gasteiger partial charge >= 0.3 is 0 Å². The first-order chi connectivity index (χ1) is 14.5. The number of hydrogen-bond acceptors (Lipinski definition) is 4. The highest BCUT2D eigenvalue weighted by molar-refractivity contribution is 7.98. The van der Waals surface area contributed by atoms with Crippen molar-refractivity contribution in [1.82, 2.24) is 9.88 Å². The minimum absolute atomic E-state index is 0.157. The van der Waals surface area contributed by atoms with Crippen LogP contribution in [0, 0.1) is 0 Å². The fourth-order valence-electron chi connectivity index (χ4n) is 3.51. The number of para-hydroxylation sites is 1. The van der Waals surface area contributed by atoms with E-state index < -0.39 is 6.04 Å². The minimum Gasteiger partial charge on any atom is -0.340 e. The highest BCUT2D eigenvalue weighted by Crippen LogP contribution is 2.24. The first-order valence-electron chi connectivity index (χ1n) is 9.63. The smallest absolute Gasteiger partial charge is 0.254 e. The summed E-state index contributed by atoms with van der Waals surface area (Å²) in [5.41, 5.74) is 2.26. The Hall–Kier alpha value is -3.26. The monoisotopic (exact) mass is 422 g/mol. The molecule has 0 bridgehead atoms. The van der Waals surface area contributed by atoms with Crippen LogP contribution in [0.15, 0.2) is 54.7 Å². The van der Waals surface area contributed by atoms with Crippen LogP contribution in [0.4, 0.5) is 11.4 Å². The van der Waals surface area contributed by atoms with Crippen LogP contribution < -0.4 is 16.0 Å². The molecule has 0 radical (unpaired) electrons. The average molecular weight is 423 g/mol. The van der Waals surface area contributed by atoms with Gasteiger partial charge in [-0.1, -0.05) is 18.2 Å². The van der Waals surface area contributed by atoms with Crippen LogP contribution in [-0.4, -0.2) is 40.3 Å². The predicted molar refractivity (Wildman–Crippen MR) is 120 cm³/mol. The molecule has 2 heterocycles. The van der Waals surface area contributed by atoms with Crippen molar-refractivity contribution in [3.8, 4) is 0 Å². The summed E-state index contributed by atoms with van der Waals surface area (Å²) < 4.78 is 1.87. The Morgan fingerprint density at radius 2 is 2.00 bits per heavy atom. The molecule has 0 spiro atoms. The molecule has 1 aliphatic rings. The van der Waals surface area contributed by atoms with E-state index in [1.807, 2.05) is 47.4 Å². The van der Waals surface area contributed by atoms with Crippen LogP contribution in [0.2, 0.25) is 0 Å². The number of thioether (sulfide) groups is 1. The van der Waals surface area contributed by atoms with Crippen molar-refractivity contribution in [2.24, 2.45) is 0 Å². The van der Waals surface area contributed by atoms with E-state index in [0.29, 0.717) is 23.4 Å². The summed E-state index contributed by atoms with van der Waals surface area (Å²) in [4.78, 5) is 37.6. The van der Waals surface area contributed by atoms with Gasteiger partial charge in [0.2, 0.25) is 11.8 Å². The topological polar surface area (TPSA) is 92.2 Å². The van der Waals surface area contributed by atoms with Crippen molar-refractivity contribution < 1.29 is 14.4 Å². The maximum Gasteiger partial charge on any atom is 0.254 e. The zero-order chi connectivity index (χ0) is 21.1. The van der Waals surface area contributed by atoms with Gasteiger partial charge in [-0.3, -0.25) is 14.4 Å². The summed E-state index contributed by atoms with van der Waals surface area (Å²) in [6, 6.07) is 14.2. The lowest BCUT2D eigenvalue weighted by Crippen LogP contribution is -2.41. The Morgan fingerprint density at radius 1 is 1.17 bits per heavy atom. The van der Waals surface area contributed by atoms with Crippen LogP contribution in [0.25, 0.3) is 10.9 Å². The molecule has 0 fully saturated rings. The first-order valence-corrected chi connectivity index (χ1v) is 11.0. The normalized spacial score (nSPS) is 15.8. The van der Waals surface area contributed by atoms with Crippen LogP contribution in [0.5, 0.6) is 0 Å². The zero-order valence-electron chi connectivity index (χ0n) is 16.5. The number of benzene rings is 2. The lowest BCUT2D eigenvalue weighted by atomic mass is 10.1. The summed E-state index contributed by atoms with van der Waals surface area (Å²) >= 11 is 1.62. The number of nitrogens with zero attached hydrogens (tertiary/aromatic N) is 1. The van der Waals surface area contributed by atoms with Crippen LogP contribution in [-0.2, 0) is 16.1 Å². The fraction of sp³-hybridized carbons (Fsp3) is 0.227. The van der Waals surface area contributed by atoms with E-state index in [1.54, 1.807) is 30.0 Å². The number of rotatable bonds is 6. The molecule has 0 saturated carbocycles. The molecule has 3 aromatic rings. The minimum atomic E-state index is -0.572. The van der Waals surface area contributed by atoms with Gasteiger partial charge in [0.1, 0.15) is 12.6 Å². The van der Waals surface area contributed by atoms with Gasteiger partial charge in [-0.25, -0.2) is 0 Å². The molecule has 2 aromatic carbocycles. The van der Waals surface area contributed by atoms with Crippen molar-refractivity contribution in [2.45, 2.75) is 19.0 Å². The van der Waals surface area contributed by atoms with Crippen molar-refractivity contribution in [2.75, 3.05) is 22.6 Å². The summed E-state index contributed by atoms with van der Waals surface area (Å²) in [6.45, 7) is 0.157. The second-order valence-electron chi connectivity index (χ2n) is 7.11. The van der Waals surface area contributed by atoms with Crippen molar-refractivity contribution in [3.63, 3.8) is 0 Å². The van der Waals surface area contributed by atoms with Gasteiger partial charge in [0, 0.05) is 17.4 Å². The third kappa shape index (κ3) is 4.18. The van der Waals surface area contributed by atoms with Crippen LogP contribution in [0.3, 0.4) is 0 Å². The Balaban J connectivity index is 1.48. The van der Waals surface area contributed by atoms with E-state index in [1.165, 1.54) is 0 Å². The van der Waals surface area contributed by atoms with Gasteiger partial charge in [0.05, 0.1) is 11.3 Å². The SMILES string of the molecule is CSCC[C@@H]1NC(=O)c2cc(NC(=O)Cn3ccc4ccccc43)ccc2NC1=O. The van der Waals surface area contributed by atoms with E-state index >= 15 is 0 Å². The van der Waals surface area contributed by atoms with Crippen molar-refractivity contribution in [3.05, 3.63) is 60.3 Å². The van der Waals surface area contributed by atoms with E-state index in [0.717, 1.165) is 16.7 Å². The van der Waals surface area contributed by atoms with Crippen LogP contribution in [0.1, 0.15) is 16.8 Å². The third-order valence-corrected chi connectivity index (χ3v) is 5.68. The van der Waals surface area contributed by atoms with Crippen molar-refractivity contribution >= 4 is 51.8 Å². The highest BCUT2D eigenvalue weighted by Gasteiger charge is 2.27. The molecule has 0 saturated heterocycles. The number of carbonyl (C=O) groups is 3. The number of amides is 3. The van der Waals surface area contributed by atoms with Gasteiger partial charge in [0.25, 0.3) is 5.91 Å². The summed E-state index contributed by atoms with van der Waals surface area (Å²) in [7, 11) is 0. The van der Waals surface area contributed by atoms with E-state index in [9.17, 15) is 14.4 Å². The second kappa shape index (κ2) is 8.62. The molecule has 7 nitrogen and oxygen atoms in total. The lowest BCUT2D eigenvalue weighted by Gasteiger charge is -2.13. The quantitative estimate of drug-likeness (QED) is 0.569. The molecule has 0 aliphatic carbocycles. The van der Waals surface area contributed by atoms with Crippen LogP contribution >= 0.6 is 11.8 Å². The molecular weight excluding hydrogens is 400 g/mol. The fourth-order valence-corrected chi connectivity index (χ4v) is 3.98. The molecule has 3 N–H and O–H groups in total. The second-order valence-corrected chi connectivity index (χ2v) is 8.09. The molecule has 1 atom stereocenters. The molecule has 154 valence electrons. The number of hydrogen-bond donors (Lipinski definition) is 3. The van der Waals surface area contributed by atoms with Gasteiger partial charge in [-0.2, -0.15) is 11.8 Å². The predicted octanol–water partition coefficient (Wildman–Crippen LogP) is 3.08. The van der Waals surface area contributed by atoms with Crippen molar-refractivity contribution in [1.29, 1.82) is 0 Å². The lowest BCUT2D eigenvalue weighted by molar-refractivity contribution is -0.118. The highest BCUT2D eigenvalue weighted by atomic mass is 32.2. The average Bonchev–Trinajstić information content (AvgIpc) is 3.09. The molecule has 1 aromatic heterocycles. The molecule has 4 rings (SSSR count). The number of aromatic nitrogens is 1. The summed E-state index contributed by atoms with van der Waals surface area (Å²) in [6.07, 6.45) is 4.39. The Morgan fingerprint density at radius 3 is 2.83 bits per heavy atom. The van der Waals surface area contributed by atoms with E-state index in [2.05, 4.69) is 16.0 Å². The number of nitrogens with one attached hydrogen (secondary N) is 3. The molecule has 3 amide bonds. The Kier molecular flexibility index (Phi) is 5.76. The molecule has 0 unspecified atom stereocenters. The summed E-state index contributed by atoms with van der Waals surface area (Å²) in [5.74, 6) is 0.00554.